The molecule has 0 unspecified atom stereocenters. The molecule has 1 aromatic rings. The van der Waals surface area contributed by atoms with Crippen LogP contribution in [0.25, 0.3) is 6.08 Å². The van der Waals surface area contributed by atoms with Gasteiger partial charge in [0.25, 0.3) is 0 Å². The van der Waals surface area contributed by atoms with Crippen molar-refractivity contribution in [3.8, 4) is 0 Å². The molecule has 0 amide bonds. The molecule has 1 heterocycles. The molecule has 0 fully saturated rings. The maximum Gasteiger partial charge on any atom is 0.0445 e. The fourth-order valence-electron chi connectivity index (χ4n) is 1.22. The number of aliphatic hydroxyl groups is 1. The largest absolute Gasteiger partial charge is 0.396 e. The van der Waals surface area contributed by atoms with Crippen molar-refractivity contribution in [2.75, 3.05) is 6.61 Å². The van der Waals surface area contributed by atoms with E-state index in [-0.39, 0.29) is 0 Å². The third-order valence-corrected chi connectivity index (χ3v) is 2.77. The number of unbranched alkanes of at least 4 members (excludes halogenated alkanes) is 2. The van der Waals surface area contributed by atoms with Crippen molar-refractivity contribution in [2.45, 2.75) is 46.5 Å². The molecule has 0 radical (unpaired) electrons. The minimum Gasteiger partial charge on any atom is -0.396 e. The van der Waals surface area contributed by atoms with Crippen LogP contribution in [0.15, 0.2) is 22.8 Å². The van der Waals surface area contributed by atoms with E-state index in [9.17, 15) is 0 Å². The van der Waals surface area contributed by atoms with Gasteiger partial charge >= 0.3 is 0 Å². The third kappa shape index (κ3) is 8.43. The van der Waals surface area contributed by atoms with Crippen LogP contribution in [0.4, 0.5) is 0 Å². The van der Waals surface area contributed by atoms with Crippen molar-refractivity contribution in [1.29, 1.82) is 0 Å². The number of rotatable bonds is 5. The summed E-state index contributed by atoms with van der Waals surface area (Å²) in [6.45, 7) is 6.49. The van der Waals surface area contributed by atoms with E-state index >= 15 is 0 Å². The van der Waals surface area contributed by atoms with Gasteiger partial charge in [-0.1, -0.05) is 38.8 Å². The molecule has 0 bridgehead atoms. The first-order valence-corrected chi connectivity index (χ1v) is 7.34. The van der Waals surface area contributed by atoms with Crippen LogP contribution in [-0.2, 0) is 0 Å². The SMILES string of the molecule is CCCC/C=C\c1cc(Br)cnc1C.CCCO. The van der Waals surface area contributed by atoms with Gasteiger partial charge in [-0.2, -0.15) is 0 Å². The van der Waals surface area contributed by atoms with E-state index in [1.54, 1.807) is 0 Å². The van der Waals surface area contributed by atoms with Crippen molar-refractivity contribution in [2.24, 2.45) is 0 Å². The second-order valence-corrected chi connectivity index (χ2v) is 5.01. The molecule has 0 aromatic carbocycles. The number of aliphatic hydroxyl groups excluding tert-OH is 1. The van der Waals surface area contributed by atoms with Crippen molar-refractivity contribution in [1.82, 2.24) is 4.98 Å². The molecule has 0 atom stereocenters. The van der Waals surface area contributed by atoms with Crippen molar-refractivity contribution in [3.63, 3.8) is 0 Å². The van der Waals surface area contributed by atoms with E-state index in [0.717, 1.165) is 23.0 Å². The number of pyridine rings is 1. The summed E-state index contributed by atoms with van der Waals surface area (Å²) >= 11 is 3.42. The van der Waals surface area contributed by atoms with Gasteiger partial charge in [-0.3, -0.25) is 4.98 Å². The highest BCUT2D eigenvalue weighted by Gasteiger charge is 1.95. The van der Waals surface area contributed by atoms with Crippen molar-refractivity contribution >= 4 is 22.0 Å². The summed E-state index contributed by atoms with van der Waals surface area (Å²) in [6.07, 6.45) is 10.8. The van der Waals surface area contributed by atoms with Crippen LogP contribution in [0.1, 0.15) is 50.8 Å². The fraction of sp³-hybridized carbons (Fsp3) is 0.533. The Morgan fingerprint density at radius 2 is 2.00 bits per heavy atom. The third-order valence-electron chi connectivity index (χ3n) is 2.34. The molecule has 0 aliphatic heterocycles. The molecule has 102 valence electrons. The number of aromatic nitrogens is 1. The Morgan fingerprint density at radius 3 is 2.56 bits per heavy atom. The van der Waals surface area contributed by atoms with E-state index in [1.165, 1.54) is 18.4 Å². The Labute approximate surface area is 119 Å². The molecule has 0 saturated heterocycles. The van der Waals surface area contributed by atoms with Gasteiger partial charge in [0, 0.05) is 23.0 Å². The quantitative estimate of drug-likeness (QED) is 0.796. The van der Waals surface area contributed by atoms with Crippen LogP contribution in [-0.4, -0.2) is 16.7 Å². The van der Waals surface area contributed by atoms with Crippen LogP contribution in [0, 0.1) is 6.92 Å². The zero-order valence-electron chi connectivity index (χ0n) is 11.6. The van der Waals surface area contributed by atoms with E-state index in [0.29, 0.717) is 6.61 Å². The van der Waals surface area contributed by atoms with Crippen LogP contribution in [0.3, 0.4) is 0 Å². The number of halogens is 1. The fourth-order valence-corrected chi connectivity index (χ4v) is 1.57. The predicted molar refractivity (Wildman–Crippen MR) is 82.6 cm³/mol. The second kappa shape index (κ2) is 11.4. The maximum atomic E-state index is 7.88. The topological polar surface area (TPSA) is 33.1 Å². The average Bonchev–Trinajstić information content (AvgIpc) is 2.39. The molecule has 0 aliphatic carbocycles. The zero-order chi connectivity index (χ0) is 13.8. The Bertz CT molecular complexity index is 348. The van der Waals surface area contributed by atoms with Gasteiger partial charge in [0.1, 0.15) is 0 Å². The van der Waals surface area contributed by atoms with Gasteiger partial charge in [-0.25, -0.2) is 0 Å². The van der Waals surface area contributed by atoms with Crippen LogP contribution in [0.5, 0.6) is 0 Å². The smallest absolute Gasteiger partial charge is 0.0445 e. The predicted octanol–water partition coefficient (Wildman–Crippen LogP) is 4.74. The van der Waals surface area contributed by atoms with E-state index in [4.69, 9.17) is 5.11 Å². The molecule has 0 saturated carbocycles. The highest BCUT2D eigenvalue weighted by Crippen LogP contribution is 2.15. The molecule has 3 heteroatoms. The second-order valence-electron chi connectivity index (χ2n) is 4.10. The van der Waals surface area contributed by atoms with Crippen LogP contribution in [0.2, 0.25) is 0 Å². The summed E-state index contributed by atoms with van der Waals surface area (Å²) in [5, 5.41) is 7.88. The average molecular weight is 314 g/mol. The normalized spacial score (nSPS) is 10.3. The van der Waals surface area contributed by atoms with Crippen LogP contribution < -0.4 is 0 Å². The van der Waals surface area contributed by atoms with Crippen molar-refractivity contribution < 1.29 is 5.11 Å². The van der Waals surface area contributed by atoms with Crippen LogP contribution >= 0.6 is 15.9 Å². The summed E-state index contributed by atoms with van der Waals surface area (Å²) in [5.41, 5.74) is 2.29. The minimum absolute atomic E-state index is 0.319. The molecule has 1 N–H and O–H groups in total. The lowest BCUT2D eigenvalue weighted by atomic mass is 10.1. The van der Waals surface area contributed by atoms with Gasteiger partial charge < -0.3 is 5.11 Å². The standard InChI is InChI=1S/C12H16BrN.C3H8O/c1-3-4-5-6-7-11-8-12(13)9-14-10(11)2;1-2-3-4/h6-9H,3-5H2,1-2H3;4H,2-3H2,1H3/b7-6-;. The molecule has 0 aliphatic rings. The number of aryl methyl sites for hydroxylation is 1. The molecule has 0 spiro atoms. The molecule has 18 heavy (non-hydrogen) atoms. The molecule has 1 aromatic heterocycles. The highest BCUT2D eigenvalue weighted by atomic mass is 79.9. The minimum atomic E-state index is 0.319. The highest BCUT2D eigenvalue weighted by molar-refractivity contribution is 9.10. The van der Waals surface area contributed by atoms with E-state index < -0.39 is 0 Å². The first kappa shape index (κ1) is 17.3. The van der Waals surface area contributed by atoms with E-state index in [1.807, 2.05) is 20.0 Å². The first-order chi connectivity index (χ1) is 8.65. The van der Waals surface area contributed by atoms with Gasteiger partial charge in [-0.05, 0) is 47.3 Å². The Balaban J connectivity index is 0.000000631. The molecule has 2 nitrogen and oxygen atoms in total. The zero-order valence-corrected chi connectivity index (χ0v) is 13.2. The lowest BCUT2D eigenvalue weighted by molar-refractivity contribution is 0.295. The Kier molecular flexibility index (Phi) is 11.0. The molecular weight excluding hydrogens is 290 g/mol. The lowest BCUT2D eigenvalue weighted by Crippen LogP contribution is -1.85. The van der Waals surface area contributed by atoms with Gasteiger partial charge in [0.2, 0.25) is 0 Å². The maximum absolute atomic E-state index is 7.88. The number of hydrogen-bond acceptors (Lipinski definition) is 2. The monoisotopic (exact) mass is 313 g/mol. The van der Waals surface area contributed by atoms with Gasteiger partial charge in [-0.15, -0.1) is 0 Å². The molecular formula is C15H24BrNO. The summed E-state index contributed by atoms with van der Waals surface area (Å²) in [4.78, 5) is 4.28. The first-order valence-electron chi connectivity index (χ1n) is 6.55. The number of allylic oxidation sites excluding steroid dienone is 1. The summed E-state index contributed by atoms with van der Waals surface area (Å²) in [7, 11) is 0. The van der Waals surface area contributed by atoms with E-state index in [2.05, 4.69) is 46.1 Å². The van der Waals surface area contributed by atoms with Gasteiger partial charge in [0.05, 0.1) is 0 Å². The lowest BCUT2D eigenvalue weighted by Gasteiger charge is -1.99. The number of hydrogen-bond donors (Lipinski definition) is 1. The summed E-state index contributed by atoms with van der Waals surface area (Å²) in [5.74, 6) is 0. The Hall–Kier alpha value is -0.670. The van der Waals surface area contributed by atoms with Gasteiger partial charge in [0.15, 0.2) is 0 Å². The Morgan fingerprint density at radius 1 is 1.33 bits per heavy atom. The number of nitrogens with zero attached hydrogens (tertiary/aromatic N) is 1. The summed E-state index contributed by atoms with van der Waals surface area (Å²) in [6, 6.07) is 2.10. The van der Waals surface area contributed by atoms with Crippen molar-refractivity contribution in [3.05, 3.63) is 34.1 Å². The molecule has 1 rings (SSSR count). The summed E-state index contributed by atoms with van der Waals surface area (Å²) < 4.78 is 1.04.